The fraction of sp³-hybridized carbons (Fsp3) is 0.167. The van der Waals surface area contributed by atoms with Gasteiger partial charge >= 0.3 is 0 Å². The molecule has 2 amide bonds. The minimum Gasteiger partial charge on any atom is -0.486 e. The largest absolute Gasteiger partial charge is 0.486 e. The maximum Gasteiger partial charge on any atom is 0.255 e. The van der Waals surface area contributed by atoms with Gasteiger partial charge in [0.25, 0.3) is 5.91 Å². The lowest BCUT2D eigenvalue weighted by atomic mass is 10.1. The number of thioether (sulfide) groups is 1. The molecule has 8 heteroatoms. The molecular formula is C24H19ClN2O4S. The third-order valence-corrected chi connectivity index (χ3v) is 6.67. The summed E-state index contributed by atoms with van der Waals surface area (Å²) >= 11 is 7.45. The van der Waals surface area contributed by atoms with Crippen molar-refractivity contribution in [2.45, 2.75) is 5.37 Å². The first kappa shape index (κ1) is 20.7. The van der Waals surface area contributed by atoms with Gasteiger partial charge < -0.3 is 14.8 Å². The molecule has 2 aliphatic rings. The second-order valence-electron chi connectivity index (χ2n) is 7.34. The van der Waals surface area contributed by atoms with Crippen molar-refractivity contribution in [3.8, 4) is 11.5 Å². The Morgan fingerprint density at radius 2 is 1.78 bits per heavy atom. The fourth-order valence-electron chi connectivity index (χ4n) is 3.71. The quantitative estimate of drug-likeness (QED) is 0.576. The van der Waals surface area contributed by atoms with Crippen molar-refractivity contribution in [2.75, 3.05) is 29.2 Å². The summed E-state index contributed by atoms with van der Waals surface area (Å²) in [4.78, 5) is 27.1. The van der Waals surface area contributed by atoms with Crippen molar-refractivity contribution in [1.29, 1.82) is 0 Å². The molecule has 162 valence electrons. The number of carbonyl (C=O) groups is 2. The van der Waals surface area contributed by atoms with E-state index in [0.29, 0.717) is 46.7 Å². The van der Waals surface area contributed by atoms with Gasteiger partial charge in [0.05, 0.1) is 5.75 Å². The number of ether oxygens (including phenoxy) is 2. The van der Waals surface area contributed by atoms with Gasteiger partial charge in [-0.1, -0.05) is 23.7 Å². The lowest BCUT2D eigenvalue weighted by molar-refractivity contribution is -0.115. The van der Waals surface area contributed by atoms with Gasteiger partial charge in [0.1, 0.15) is 18.6 Å². The number of hydrogen-bond donors (Lipinski definition) is 1. The first-order valence-electron chi connectivity index (χ1n) is 10.1. The zero-order valence-corrected chi connectivity index (χ0v) is 18.5. The van der Waals surface area contributed by atoms with E-state index in [4.69, 9.17) is 21.1 Å². The number of fused-ring (bicyclic) bond motifs is 1. The fourth-order valence-corrected chi connectivity index (χ4v) is 5.00. The van der Waals surface area contributed by atoms with Gasteiger partial charge in [0.2, 0.25) is 5.91 Å². The van der Waals surface area contributed by atoms with Crippen LogP contribution in [0.2, 0.25) is 5.02 Å². The predicted molar refractivity (Wildman–Crippen MR) is 126 cm³/mol. The second kappa shape index (κ2) is 8.76. The molecule has 32 heavy (non-hydrogen) atoms. The summed E-state index contributed by atoms with van der Waals surface area (Å²) in [6.45, 7) is 1.000. The van der Waals surface area contributed by atoms with Crippen LogP contribution in [0.4, 0.5) is 11.4 Å². The van der Waals surface area contributed by atoms with E-state index in [1.54, 1.807) is 40.9 Å². The highest BCUT2D eigenvalue weighted by Gasteiger charge is 2.35. The van der Waals surface area contributed by atoms with Crippen molar-refractivity contribution >= 4 is 46.6 Å². The summed E-state index contributed by atoms with van der Waals surface area (Å²) in [5.41, 5.74) is 2.85. The molecule has 6 nitrogen and oxygen atoms in total. The maximum absolute atomic E-state index is 12.8. The minimum atomic E-state index is -0.224. The number of benzene rings is 3. The molecule has 0 saturated carbocycles. The molecule has 2 aliphatic heterocycles. The third-order valence-electron chi connectivity index (χ3n) is 5.21. The summed E-state index contributed by atoms with van der Waals surface area (Å²) in [6, 6.07) is 19.8. The number of halogens is 1. The Balaban J connectivity index is 1.39. The monoisotopic (exact) mass is 466 g/mol. The summed E-state index contributed by atoms with van der Waals surface area (Å²) in [5.74, 6) is 1.49. The van der Waals surface area contributed by atoms with Crippen LogP contribution in [-0.4, -0.2) is 30.8 Å². The number of carbonyl (C=O) groups excluding carboxylic acids is 2. The van der Waals surface area contributed by atoms with Crippen molar-refractivity contribution in [1.82, 2.24) is 0 Å². The Kier molecular flexibility index (Phi) is 5.68. The molecule has 0 aliphatic carbocycles. The van der Waals surface area contributed by atoms with Gasteiger partial charge in [-0.25, -0.2) is 0 Å². The van der Waals surface area contributed by atoms with E-state index in [0.717, 1.165) is 11.3 Å². The summed E-state index contributed by atoms with van der Waals surface area (Å²) in [7, 11) is 0. The van der Waals surface area contributed by atoms with Crippen LogP contribution in [0.5, 0.6) is 11.5 Å². The molecule has 2 heterocycles. The van der Waals surface area contributed by atoms with Gasteiger partial charge in [-0.05, 0) is 54.1 Å². The van der Waals surface area contributed by atoms with Crippen LogP contribution in [0, 0.1) is 0 Å². The van der Waals surface area contributed by atoms with Crippen LogP contribution in [0.3, 0.4) is 0 Å². The molecule has 0 bridgehead atoms. The van der Waals surface area contributed by atoms with E-state index in [1.807, 2.05) is 42.5 Å². The summed E-state index contributed by atoms with van der Waals surface area (Å²) in [5, 5.41) is 3.28. The maximum atomic E-state index is 12.8. The zero-order valence-electron chi connectivity index (χ0n) is 16.9. The van der Waals surface area contributed by atoms with Gasteiger partial charge in [-0.2, -0.15) is 0 Å². The van der Waals surface area contributed by atoms with E-state index >= 15 is 0 Å². The van der Waals surface area contributed by atoms with E-state index in [1.165, 1.54) is 0 Å². The standard InChI is InChI=1S/C24H19ClN2O4S/c25-17-6-4-15(5-7-17)23(29)26-18-3-1-2-16(12-18)24-27(22(28)14-32-24)19-8-9-20-21(13-19)31-11-10-30-20/h1-9,12-13,24H,10-11,14H2,(H,26,29)/t24-/m1/s1. The Hall–Kier alpha value is -3.16. The molecule has 0 spiro atoms. The van der Waals surface area contributed by atoms with Gasteiger partial charge in [0, 0.05) is 28.0 Å². The van der Waals surface area contributed by atoms with Gasteiger partial charge in [-0.15, -0.1) is 11.8 Å². The summed E-state index contributed by atoms with van der Waals surface area (Å²) < 4.78 is 11.3. The van der Waals surface area contributed by atoms with Crippen molar-refractivity contribution in [3.05, 3.63) is 82.9 Å². The molecule has 1 fully saturated rings. The molecule has 0 radical (unpaired) electrons. The Morgan fingerprint density at radius 1 is 1.00 bits per heavy atom. The molecule has 1 N–H and O–H groups in total. The van der Waals surface area contributed by atoms with E-state index in [-0.39, 0.29) is 17.2 Å². The lowest BCUT2D eigenvalue weighted by Gasteiger charge is -2.26. The average molecular weight is 467 g/mol. The molecule has 1 saturated heterocycles. The SMILES string of the molecule is O=C(Nc1cccc([C@H]2SCC(=O)N2c2ccc3c(c2)OCCO3)c1)c1ccc(Cl)cc1. The van der Waals surface area contributed by atoms with Crippen molar-refractivity contribution < 1.29 is 19.1 Å². The lowest BCUT2D eigenvalue weighted by Crippen LogP contribution is -2.28. The molecule has 1 atom stereocenters. The Labute approximate surface area is 194 Å². The highest BCUT2D eigenvalue weighted by atomic mass is 35.5. The Bertz CT molecular complexity index is 1180. The zero-order chi connectivity index (χ0) is 22.1. The highest BCUT2D eigenvalue weighted by molar-refractivity contribution is 8.00. The van der Waals surface area contributed by atoms with Crippen LogP contribution in [0.1, 0.15) is 21.3 Å². The number of hydrogen-bond acceptors (Lipinski definition) is 5. The number of nitrogens with one attached hydrogen (secondary N) is 1. The van der Waals surface area contributed by atoms with Gasteiger partial charge in [-0.3, -0.25) is 14.5 Å². The second-order valence-corrected chi connectivity index (χ2v) is 8.85. The van der Waals surface area contributed by atoms with Crippen molar-refractivity contribution in [3.63, 3.8) is 0 Å². The topological polar surface area (TPSA) is 67.9 Å². The van der Waals surface area contributed by atoms with Crippen LogP contribution >= 0.6 is 23.4 Å². The van der Waals surface area contributed by atoms with Crippen LogP contribution in [0.15, 0.2) is 66.7 Å². The molecule has 0 aromatic heterocycles. The average Bonchev–Trinajstić information content (AvgIpc) is 3.20. The smallest absolute Gasteiger partial charge is 0.255 e. The van der Waals surface area contributed by atoms with Crippen LogP contribution < -0.4 is 19.7 Å². The highest BCUT2D eigenvalue weighted by Crippen LogP contribution is 2.44. The minimum absolute atomic E-state index is 0.0206. The molecule has 3 aromatic rings. The molecule has 5 rings (SSSR count). The number of rotatable bonds is 4. The number of amides is 2. The Morgan fingerprint density at radius 3 is 2.59 bits per heavy atom. The van der Waals surface area contributed by atoms with Crippen LogP contribution in [0.25, 0.3) is 0 Å². The number of nitrogens with zero attached hydrogens (tertiary/aromatic N) is 1. The van der Waals surface area contributed by atoms with Gasteiger partial charge in [0.15, 0.2) is 11.5 Å². The van der Waals surface area contributed by atoms with E-state index in [2.05, 4.69) is 5.32 Å². The molecule has 0 unspecified atom stereocenters. The third kappa shape index (κ3) is 4.13. The van der Waals surface area contributed by atoms with Crippen LogP contribution in [-0.2, 0) is 4.79 Å². The van der Waals surface area contributed by atoms with Crippen molar-refractivity contribution in [2.24, 2.45) is 0 Å². The molecule has 3 aromatic carbocycles. The predicted octanol–water partition coefficient (Wildman–Crippen LogP) is 5.14. The molecular weight excluding hydrogens is 448 g/mol. The number of anilines is 2. The normalized spacial score (nSPS) is 17.3. The summed E-state index contributed by atoms with van der Waals surface area (Å²) in [6.07, 6.45) is 0. The van der Waals surface area contributed by atoms with E-state index in [9.17, 15) is 9.59 Å². The first-order valence-corrected chi connectivity index (χ1v) is 11.5. The van der Waals surface area contributed by atoms with E-state index < -0.39 is 0 Å². The first-order chi connectivity index (χ1) is 15.6.